The van der Waals surface area contributed by atoms with Crippen LogP contribution in [-0.2, 0) is 22.7 Å². The molecule has 6 rings (SSSR count). The molecule has 274 valence electrons. The second-order valence-corrected chi connectivity index (χ2v) is 13.4. The van der Waals surface area contributed by atoms with Crippen molar-refractivity contribution in [1.29, 1.82) is 0 Å². The lowest BCUT2D eigenvalue weighted by molar-refractivity contribution is -0.673. The first-order valence-corrected chi connectivity index (χ1v) is 18.4. The summed E-state index contributed by atoms with van der Waals surface area (Å²) in [5, 5.41) is 21.0. The van der Waals surface area contributed by atoms with E-state index in [1.165, 1.54) is 35.7 Å². The number of fused-ring (bicyclic) bond motifs is 2. The topological polar surface area (TPSA) is 97.2 Å². The summed E-state index contributed by atoms with van der Waals surface area (Å²) in [5.74, 6) is -0.182. The minimum atomic E-state index is -0.0910. The van der Waals surface area contributed by atoms with Crippen molar-refractivity contribution in [3.8, 4) is 0 Å². The third kappa shape index (κ3) is 9.71. The van der Waals surface area contributed by atoms with Crippen molar-refractivity contribution < 1.29 is 18.7 Å². The number of hydrogen-bond acceptors (Lipinski definition) is 6. The van der Waals surface area contributed by atoms with Crippen LogP contribution >= 0.6 is 0 Å². The molecule has 2 amide bonds. The maximum atomic E-state index is 11.3. The fraction of sp³-hybridized carbons (Fsp3) is 0.227. The van der Waals surface area contributed by atoms with Gasteiger partial charge in [0, 0.05) is 87.6 Å². The standard InChI is InChI=1S/C44H46N8O2/c1-33(53)47-37-17-21-39(22-18-37)49(3)45-31-35-25-29-51(43-15-9-7-13-41(35)43)27-11-5-6-12-28-52-30-26-36(42-14-8-10-16-44(42)52)32-46-50(4)40-23-19-38(20-24-40)48-34(2)54/h7-10,13-26,29-32H,5-6,11-12,27-28H2,1-4H3/p+2. The highest BCUT2D eigenvalue weighted by Gasteiger charge is 2.14. The lowest BCUT2D eigenvalue weighted by atomic mass is 10.1. The van der Waals surface area contributed by atoms with Gasteiger partial charge in [-0.1, -0.05) is 24.3 Å². The molecule has 0 spiro atoms. The van der Waals surface area contributed by atoms with Gasteiger partial charge >= 0.3 is 0 Å². The van der Waals surface area contributed by atoms with Gasteiger partial charge in [0.1, 0.15) is 13.1 Å². The van der Waals surface area contributed by atoms with E-state index in [1.54, 1.807) is 0 Å². The summed E-state index contributed by atoms with van der Waals surface area (Å²) in [6.07, 6.45) is 12.7. The van der Waals surface area contributed by atoms with Crippen LogP contribution < -0.4 is 29.8 Å². The Morgan fingerprint density at radius 3 is 1.33 bits per heavy atom. The minimum absolute atomic E-state index is 0.0910. The third-order valence-corrected chi connectivity index (χ3v) is 9.33. The number of aryl methyl sites for hydroxylation is 2. The molecule has 0 radical (unpaired) electrons. The molecule has 10 nitrogen and oxygen atoms in total. The number of pyridine rings is 2. The SMILES string of the molecule is CC(=O)Nc1ccc(N(C)/N=C/c2cc[n+](CCCCCC[n+]3ccc(/C=N/N(C)c4ccc(NC(C)=O)cc4)c4ccccc43)c3ccccc23)cc1. The summed E-state index contributed by atoms with van der Waals surface area (Å²) in [4.78, 5) is 22.7. The van der Waals surface area contributed by atoms with Gasteiger partial charge < -0.3 is 10.6 Å². The average Bonchev–Trinajstić information content (AvgIpc) is 3.18. The number of amides is 2. The van der Waals surface area contributed by atoms with E-state index in [9.17, 15) is 9.59 Å². The van der Waals surface area contributed by atoms with E-state index < -0.39 is 0 Å². The number of carbonyl (C=O) groups is 2. The van der Waals surface area contributed by atoms with Gasteiger partial charge in [-0.25, -0.2) is 0 Å². The van der Waals surface area contributed by atoms with Crippen molar-refractivity contribution in [2.45, 2.75) is 52.6 Å². The molecule has 0 aliphatic rings. The molecule has 2 heterocycles. The Balaban J connectivity index is 1.02. The number of para-hydroxylation sites is 2. The summed E-state index contributed by atoms with van der Waals surface area (Å²) < 4.78 is 4.69. The zero-order valence-electron chi connectivity index (χ0n) is 31.4. The van der Waals surface area contributed by atoms with Gasteiger partial charge in [-0.2, -0.15) is 19.3 Å². The number of aromatic nitrogens is 2. The highest BCUT2D eigenvalue weighted by Crippen LogP contribution is 2.20. The molecular formula is C44H48N8O2+2. The van der Waals surface area contributed by atoms with Gasteiger partial charge in [0.15, 0.2) is 12.4 Å². The van der Waals surface area contributed by atoms with E-state index in [1.807, 2.05) is 85.1 Å². The van der Waals surface area contributed by atoms with Crippen LogP contribution in [0, 0.1) is 0 Å². The molecule has 0 fully saturated rings. The summed E-state index contributed by atoms with van der Waals surface area (Å²) in [5.41, 5.74) is 7.89. The van der Waals surface area contributed by atoms with E-state index >= 15 is 0 Å². The Hall–Kier alpha value is -6.42. The number of unbranched alkanes of at least 4 members (excludes halogenated alkanes) is 3. The quantitative estimate of drug-likeness (QED) is 0.0492. The lowest BCUT2D eigenvalue weighted by Gasteiger charge is -2.13. The molecule has 54 heavy (non-hydrogen) atoms. The summed E-state index contributed by atoms with van der Waals surface area (Å²) in [6, 6.07) is 36.5. The zero-order chi connectivity index (χ0) is 37.9. The van der Waals surface area contributed by atoms with Crippen molar-refractivity contribution in [3.63, 3.8) is 0 Å². The van der Waals surface area contributed by atoms with Crippen LogP contribution in [0.15, 0.2) is 132 Å². The van der Waals surface area contributed by atoms with Crippen LogP contribution in [0.25, 0.3) is 21.8 Å². The minimum Gasteiger partial charge on any atom is -0.326 e. The first-order valence-electron chi connectivity index (χ1n) is 18.4. The van der Waals surface area contributed by atoms with Crippen molar-refractivity contribution in [2.75, 3.05) is 34.7 Å². The largest absolute Gasteiger partial charge is 0.326 e. The maximum absolute atomic E-state index is 11.3. The molecule has 0 aliphatic heterocycles. The highest BCUT2D eigenvalue weighted by molar-refractivity contribution is 5.98. The predicted molar refractivity (Wildman–Crippen MR) is 220 cm³/mol. The van der Waals surface area contributed by atoms with E-state index in [0.29, 0.717) is 0 Å². The van der Waals surface area contributed by atoms with Crippen LogP contribution in [0.1, 0.15) is 50.7 Å². The molecule has 0 unspecified atom stereocenters. The Bertz CT molecular complexity index is 2120. The van der Waals surface area contributed by atoms with Gasteiger partial charge in [-0.15, -0.1) is 0 Å². The van der Waals surface area contributed by atoms with E-state index in [0.717, 1.165) is 72.6 Å². The smallest absolute Gasteiger partial charge is 0.221 e. The Kier molecular flexibility index (Phi) is 12.4. The van der Waals surface area contributed by atoms with Crippen molar-refractivity contribution in [1.82, 2.24) is 0 Å². The number of rotatable bonds is 15. The summed E-state index contributed by atoms with van der Waals surface area (Å²) >= 11 is 0. The van der Waals surface area contributed by atoms with Crippen LogP contribution in [-0.4, -0.2) is 38.3 Å². The van der Waals surface area contributed by atoms with Gasteiger partial charge in [-0.3, -0.25) is 19.6 Å². The van der Waals surface area contributed by atoms with E-state index in [2.05, 4.69) is 92.8 Å². The number of benzene rings is 4. The second-order valence-electron chi connectivity index (χ2n) is 13.4. The Labute approximate surface area is 317 Å². The lowest BCUT2D eigenvalue weighted by Crippen LogP contribution is -2.35. The Morgan fingerprint density at radius 1 is 0.556 bits per heavy atom. The van der Waals surface area contributed by atoms with Gasteiger partial charge in [0.25, 0.3) is 0 Å². The maximum Gasteiger partial charge on any atom is 0.221 e. The summed E-state index contributed by atoms with van der Waals surface area (Å²) in [7, 11) is 3.84. The molecule has 2 N–H and O–H groups in total. The molecule has 6 aromatic rings. The number of nitrogens with zero attached hydrogens (tertiary/aromatic N) is 6. The normalized spacial score (nSPS) is 11.4. The molecule has 2 aromatic heterocycles. The second kappa shape index (κ2) is 17.9. The number of hydrazone groups is 2. The molecule has 10 heteroatoms. The zero-order valence-corrected chi connectivity index (χ0v) is 31.4. The first-order chi connectivity index (χ1) is 26.2. The van der Waals surface area contributed by atoms with Gasteiger partial charge in [0.05, 0.1) is 34.6 Å². The van der Waals surface area contributed by atoms with E-state index in [4.69, 9.17) is 10.2 Å². The molecule has 0 atom stereocenters. The van der Waals surface area contributed by atoms with Crippen molar-refractivity contribution in [2.24, 2.45) is 10.2 Å². The number of carbonyl (C=O) groups excluding carboxylic acids is 2. The molecule has 0 bridgehead atoms. The van der Waals surface area contributed by atoms with Crippen LogP contribution in [0.2, 0.25) is 0 Å². The fourth-order valence-electron chi connectivity index (χ4n) is 6.51. The third-order valence-electron chi connectivity index (χ3n) is 9.33. The average molecular weight is 721 g/mol. The predicted octanol–water partition coefficient (Wildman–Crippen LogP) is 7.69. The monoisotopic (exact) mass is 720 g/mol. The number of nitrogens with one attached hydrogen (secondary N) is 2. The van der Waals surface area contributed by atoms with Crippen molar-refractivity contribution in [3.05, 3.63) is 133 Å². The van der Waals surface area contributed by atoms with Crippen LogP contribution in [0.5, 0.6) is 0 Å². The molecule has 0 saturated carbocycles. The first kappa shape index (κ1) is 37.3. The van der Waals surface area contributed by atoms with Gasteiger partial charge in [-0.05, 0) is 73.5 Å². The highest BCUT2D eigenvalue weighted by atomic mass is 16.2. The molecule has 0 saturated heterocycles. The van der Waals surface area contributed by atoms with Crippen LogP contribution in [0.3, 0.4) is 0 Å². The molecule has 0 aliphatic carbocycles. The van der Waals surface area contributed by atoms with Crippen LogP contribution in [0.4, 0.5) is 22.7 Å². The van der Waals surface area contributed by atoms with E-state index in [-0.39, 0.29) is 11.8 Å². The molecular weight excluding hydrogens is 673 g/mol. The number of hydrogen-bond donors (Lipinski definition) is 2. The number of anilines is 4. The summed E-state index contributed by atoms with van der Waals surface area (Å²) in [6.45, 7) is 4.91. The van der Waals surface area contributed by atoms with Crippen molar-refractivity contribution >= 4 is 68.8 Å². The Morgan fingerprint density at radius 2 is 0.944 bits per heavy atom. The fourth-order valence-corrected chi connectivity index (χ4v) is 6.51. The molecule has 4 aromatic carbocycles. The van der Waals surface area contributed by atoms with Gasteiger partial charge in [0.2, 0.25) is 22.8 Å².